The van der Waals surface area contributed by atoms with Gasteiger partial charge in [-0.2, -0.15) is 0 Å². The first kappa shape index (κ1) is 18.9. The highest BCUT2D eigenvalue weighted by molar-refractivity contribution is 5.83. The lowest BCUT2D eigenvalue weighted by atomic mass is 9.84. The molecule has 0 spiro atoms. The number of hydrogen-bond acceptors (Lipinski definition) is 3. The summed E-state index contributed by atoms with van der Waals surface area (Å²) in [6.45, 7) is 3.37. The molecule has 0 saturated carbocycles. The van der Waals surface area contributed by atoms with E-state index < -0.39 is 5.91 Å². The molecule has 2 saturated heterocycles. The average molecular weight is 357 g/mol. The molecule has 1 aromatic rings. The van der Waals surface area contributed by atoms with Gasteiger partial charge >= 0.3 is 0 Å². The summed E-state index contributed by atoms with van der Waals surface area (Å²) in [4.78, 5) is 28.9. The van der Waals surface area contributed by atoms with Gasteiger partial charge < -0.3 is 10.6 Å². The van der Waals surface area contributed by atoms with Crippen LogP contribution in [0.2, 0.25) is 0 Å². The van der Waals surface area contributed by atoms with Gasteiger partial charge in [-0.3, -0.25) is 14.5 Å². The molecule has 5 nitrogen and oxygen atoms in total. The van der Waals surface area contributed by atoms with E-state index in [2.05, 4.69) is 35.9 Å². The number of hydrogen-bond donors (Lipinski definition) is 1. The van der Waals surface area contributed by atoms with Crippen molar-refractivity contribution in [2.24, 2.45) is 5.73 Å². The number of likely N-dealkylation sites (N-methyl/N-ethyl adjacent to an activating group) is 1. The zero-order chi connectivity index (χ0) is 18.7. The molecule has 2 N–H and O–H groups in total. The lowest BCUT2D eigenvalue weighted by molar-refractivity contribution is -0.137. The van der Waals surface area contributed by atoms with Crippen molar-refractivity contribution in [2.45, 2.75) is 69.5 Å². The third-order valence-corrected chi connectivity index (χ3v) is 6.40. The van der Waals surface area contributed by atoms with Gasteiger partial charge in [-0.1, -0.05) is 43.2 Å². The van der Waals surface area contributed by atoms with Gasteiger partial charge in [0.1, 0.15) is 0 Å². The van der Waals surface area contributed by atoms with Crippen LogP contribution in [0.1, 0.15) is 63.5 Å². The maximum absolute atomic E-state index is 13.1. The van der Waals surface area contributed by atoms with Gasteiger partial charge in [0.25, 0.3) is 0 Å². The van der Waals surface area contributed by atoms with Crippen molar-refractivity contribution in [2.75, 3.05) is 13.6 Å². The molecular formula is C21H31N3O2. The second-order valence-electron chi connectivity index (χ2n) is 8.04. The molecular weight excluding hydrogens is 326 g/mol. The van der Waals surface area contributed by atoms with Crippen LogP contribution >= 0.6 is 0 Å². The maximum atomic E-state index is 13.1. The highest BCUT2D eigenvalue weighted by atomic mass is 16.2. The molecule has 2 fully saturated rings. The third kappa shape index (κ3) is 3.63. The SMILES string of the molecule is CN1CCCCC[C@@H]2N(C(=O)CCC(N)=O)[C@H](c3ccccc3)C[C@@]21C. The minimum Gasteiger partial charge on any atom is -0.370 e. The van der Waals surface area contributed by atoms with Crippen LogP contribution < -0.4 is 5.73 Å². The molecule has 5 heteroatoms. The Morgan fingerprint density at radius 1 is 1.15 bits per heavy atom. The highest BCUT2D eigenvalue weighted by Crippen LogP contribution is 2.47. The van der Waals surface area contributed by atoms with Crippen molar-refractivity contribution in [1.82, 2.24) is 9.80 Å². The molecule has 2 amide bonds. The molecule has 142 valence electrons. The zero-order valence-corrected chi connectivity index (χ0v) is 16.0. The van der Waals surface area contributed by atoms with E-state index in [1.165, 1.54) is 18.4 Å². The summed E-state index contributed by atoms with van der Waals surface area (Å²) in [5, 5.41) is 0. The van der Waals surface area contributed by atoms with Crippen molar-refractivity contribution in [3.8, 4) is 0 Å². The molecule has 3 atom stereocenters. The first-order valence-electron chi connectivity index (χ1n) is 9.79. The van der Waals surface area contributed by atoms with Crippen LogP contribution in [0, 0.1) is 0 Å². The fraction of sp³-hybridized carbons (Fsp3) is 0.619. The fourth-order valence-corrected chi connectivity index (χ4v) is 4.78. The summed E-state index contributed by atoms with van der Waals surface area (Å²) >= 11 is 0. The van der Waals surface area contributed by atoms with Gasteiger partial charge in [-0.15, -0.1) is 0 Å². The Morgan fingerprint density at radius 3 is 2.58 bits per heavy atom. The van der Waals surface area contributed by atoms with Crippen LogP contribution in [0.15, 0.2) is 30.3 Å². The first-order valence-corrected chi connectivity index (χ1v) is 9.79. The van der Waals surface area contributed by atoms with Crippen molar-refractivity contribution in [3.05, 3.63) is 35.9 Å². The van der Waals surface area contributed by atoms with Crippen LogP contribution in [0.4, 0.5) is 0 Å². The summed E-state index contributed by atoms with van der Waals surface area (Å²) in [6, 6.07) is 10.5. The van der Waals surface area contributed by atoms with Crippen molar-refractivity contribution >= 4 is 11.8 Å². The second-order valence-corrected chi connectivity index (χ2v) is 8.04. The lowest BCUT2D eigenvalue weighted by Crippen LogP contribution is -2.55. The van der Waals surface area contributed by atoms with Gasteiger partial charge in [0.15, 0.2) is 0 Å². The Kier molecular flexibility index (Phi) is 5.66. The van der Waals surface area contributed by atoms with Gasteiger partial charge in [0, 0.05) is 18.4 Å². The molecule has 0 aliphatic carbocycles. The van der Waals surface area contributed by atoms with Gasteiger partial charge in [-0.05, 0) is 45.3 Å². The number of fused-ring (bicyclic) bond motifs is 1. The number of benzene rings is 1. The smallest absolute Gasteiger partial charge is 0.223 e. The predicted molar refractivity (Wildman–Crippen MR) is 102 cm³/mol. The molecule has 2 aliphatic rings. The Bertz CT molecular complexity index is 648. The van der Waals surface area contributed by atoms with Crippen molar-refractivity contribution in [3.63, 3.8) is 0 Å². The van der Waals surface area contributed by atoms with Crippen LogP contribution in [-0.4, -0.2) is 46.8 Å². The average Bonchev–Trinajstić information content (AvgIpc) is 2.92. The molecule has 26 heavy (non-hydrogen) atoms. The fourth-order valence-electron chi connectivity index (χ4n) is 4.78. The molecule has 0 radical (unpaired) electrons. The minimum absolute atomic E-state index is 0.0384. The molecule has 0 unspecified atom stereocenters. The van der Waals surface area contributed by atoms with E-state index in [4.69, 9.17) is 5.73 Å². The van der Waals surface area contributed by atoms with E-state index in [0.717, 1.165) is 25.8 Å². The molecule has 2 heterocycles. The van der Waals surface area contributed by atoms with Crippen LogP contribution in [0.5, 0.6) is 0 Å². The number of rotatable bonds is 4. The minimum atomic E-state index is -0.411. The van der Waals surface area contributed by atoms with Gasteiger partial charge in [-0.25, -0.2) is 0 Å². The standard InChI is InChI=1S/C21H31N3O2/c1-21-15-17(16-9-5-3-6-10-16)24(20(26)13-12-19(22)25)18(21)11-7-4-8-14-23(21)2/h3,5-6,9-10,17-18H,4,7-8,11-15H2,1-2H3,(H2,22,25)/t17-,18-,21-/m0/s1. The first-order chi connectivity index (χ1) is 12.4. The number of carbonyl (C=O) groups is 2. The number of likely N-dealkylation sites (tertiary alicyclic amines) is 2. The predicted octanol–water partition coefficient (Wildman–Crippen LogP) is 2.86. The van der Waals surface area contributed by atoms with Crippen LogP contribution in [0.25, 0.3) is 0 Å². The van der Waals surface area contributed by atoms with E-state index in [1.807, 2.05) is 18.2 Å². The van der Waals surface area contributed by atoms with E-state index in [1.54, 1.807) is 0 Å². The van der Waals surface area contributed by atoms with Crippen LogP contribution in [0.3, 0.4) is 0 Å². The quantitative estimate of drug-likeness (QED) is 0.901. The Morgan fingerprint density at radius 2 is 1.88 bits per heavy atom. The number of carbonyl (C=O) groups excluding carboxylic acids is 2. The van der Waals surface area contributed by atoms with Crippen LogP contribution in [-0.2, 0) is 9.59 Å². The normalized spacial score (nSPS) is 29.7. The second kappa shape index (κ2) is 7.78. The zero-order valence-electron chi connectivity index (χ0n) is 16.0. The number of amides is 2. The monoisotopic (exact) mass is 357 g/mol. The topological polar surface area (TPSA) is 66.6 Å². The maximum Gasteiger partial charge on any atom is 0.223 e. The summed E-state index contributed by atoms with van der Waals surface area (Å²) in [5.74, 6) is -0.355. The molecule has 0 bridgehead atoms. The Balaban J connectivity index is 1.96. The van der Waals surface area contributed by atoms with E-state index >= 15 is 0 Å². The highest BCUT2D eigenvalue weighted by Gasteiger charge is 2.53. The largest absolute Gasteiger partial charge is 0.370 e. The van der Waals surface area contributed by atoms with E-state index in [-0.39, 0.29) is 36.4 Å². The molecule has 2 aliphatic heterocycles. The summed E-state index contributed by atoms with van der Waals surface area (Å²) in [7, 11) is 2.19. The summed E-state index contributed by atoms with van der Waals surface area (Å²) in [6.07, 6.45) is 5.84. The van der Waals surface area contributed by atoms with Crippen molar-refractivity contribution in [1.29, 1.82) is 0 Å². The van der Waals surface area contributed by atoms with E-state index in [9.17, 15) is 9.59 Å². The molecule has 0 aromatic heterocycles. The molecule has 1 aromatic carbocycles. The van der Waals surface area contributed by atoms with E-state index in [0.29, 0.717) is 0 Å². The van der Waals surface area contributed by atoms with Crippen molar-refractivity contribution < 1.29 is 9.59 Å². The summed E-state index contributed by atoms with van der Waals surface area (Å²) in [5.41, 5.74) is 6.44. The molecule has 3 rings (SSSR count). The Hall–Kier alpha value is -1.88. The Labute approximate surface area is 156 Å². The summed E-state index contributed by atoms with van der Waals surface area (Å²) < 4.78 is 0. The third-order valence-electron chi connectivity index (χ3n) is 6.40. The number of nitrogens with two attached hydrogens (primary N) is 1. The lowest BCUT2D eigenvalue weighted by Gasteiger charge is -2.43. The number of primary amides is 1. The van der Waals surface area contributed by atoms with Gasteiger partial charge in [0.2, 0.25) is 11.8 Å². The number of nitrogens with zero attached hydrogens (tertiary/aromatic N) is 2. The van der Waals surface area contributed by atoms with Gasteiger partial charge in [0.05, 0.1) is 12.1 Å².